The molecule has 2 N–H and O–H groups in total. The Morgan fingerprint density at radius 1 is 1.15 bits per heavy atom. The van der Waals surface area contributed by atoms with Crippen LogP contribution in [0.15, 0.2) is 24.3 Å². The van der Waals surface area contributed by atoms with Crippen molar-refractivity contribution in [3.63, 3.8) is 0 Å². The minimum absolute atomic E-state index is 0.0595. The quantitative estimate of drug-likeness (QED) is 0.769. The second-order valence-electron chi connectivity index (χ2n) is 6.65. The lowest BCUT2D eigenvalue weighted by molar-refractivity contribution is -0.144. The van der Waals surface area contributed by atoms with Gasteiger partial charge in [-0.3, -0.25) is 9.59 Å². The molecule has 0 spiro atoms. The molecule has 2 aliphatic rings. The van der Waals surface area contributed by atoms with Crippen LogP contribution in [-0.2, 0) is 9.53 Å². The molecule has 3 rings (SSSR count). The van der Waals surface area contributed by atoms with Crippen LogP contribution in [0.2, 0.25) is 0 Å². The number of ether oxygens (including phenoxy) is 1. The first-order valence-electron chi connectivity index (χ1n) is 9.07. The highest BCUT2D eigenvalue weighted by Crippen LogP contribution is 2.43. The van der Waals surface area contributed by atoms with Gasteiger partial charge in [0.1, 0.15) is 0 Å². The average Bonchev–Trinajstić information content (AvgIpc) is 2.69. The van der Waals surface area contributed by atoms with Crippen molar-refractivity contribution in [1.29, 1.82) is 0 Å². The summed E-state index contributed by atoms with van der Waals surface area (Å²) in [6, 6.07) is 7.70. The highest BCUT2D eigenvalue weighted by molar-refractivity contribution is 8.16. The van der Waals surface area contributed by atoms with Crippen LogP contribution < -0.4 is 5.32 Å². The minimum Gasteiger partial charge on any atom is -0.481 e. The zero-order chi connectivity index (χ0) is 18.4. The Labute approximate surface area is 162 Å². The SMILES string of the molecule is O=C(NCC(C(=O)O)C1CCOCC1)c1ccc(C2SCCCS2)cc1. The number of hydrogen-bond acceptors (Lipinski definition) is 5. The van der Waals surface area contributed by atoms with Crippen LogP contribution in [-0.4, -0.2) is 48.2 Å². The van der Waals surface area contributed by atoms with E-state index in [0.29, 0.717) is 23.4 Å². The van der Waals surface area contributed by atoms with Gasteiger partial charge in [-0.05, 0) is 54.4 Å². The molecule has 2 aliphatic heterocycles. The average molecular weight is 396 g/mol. The van der Waals surface area contributed by atoms with Gasteiger partial charge >= 0.3 is 5.97 Å². The van der Waals surface area contributed by atoms with Gasteiger partial charge in [0.25, 0.3) is 5.91 Å². The highest BCUT2D eigenvalue weighted by Gasteiger charge is 2.30. The smallest absolute Gasteiger partial charge is 0.308 e. The van der Waals surface area contributed by atoms with E-state index < -0.39 is 11.9 Å². The zero-order valence-electron chi connectivity index (χ0n) is 14.7. The second-order valence-corrected chi connectivity index (χ2v) is 9.38. The molecule has 2 fully saturated rings. The Balaban J connectivity index is 1.55. The van der Waals surface area contributed by atoms with E-state index in [-0.39, 0.29) is 18.4 Å². The van der Waals surface area contributed by atoms with Gasteiger partial charge < -0.3 is 15.2 Å². The van der Waals surface area contributed by atoms with Crippen LogP contribution in [0.25, 0.3) is 0 Å². The fourth-order valence-electron chi connectivity index (χ4n) is 3.35. The molecule has 2 heterocycles. The molecule has 1 atom stereocenters. The standard InChI is InChI=1S/C19H25NO4S2/c21-17(20-12-16(18(22)23)13-6-8-24-9-7-13)14-2-4-15(5-3-14)19-25-10-1-11-26-19/h2-5,13,16,19H,1,6-12H2,(H,20,21)(H,22,23). The molecule has 0 saturated carbocycles. The zero-order valence-corrected chi connectivity index (χ0v) is 16.3. The van der Waals surface area contributed by atoms with Crippen LogP contribution in [0.3, 0.4) is 0 Å². The fraction of sp³-hybridized carbons (Fsp3) is 0.579. The molecule has 7 heteroatoms. The summed E-state index contributed by atoms with van der Waals surface area (Å²) in [6.45, 7) is 1.36. The number of carboxylic acids is 1. The monoisotopic (exact) mass is 395 g/mol. The summed E-state index contributed by atoms with van der Waals surface area (Å²) in [5, 5.41) is 12.3. The van der Waals surface area contributed by atoms with Crippen LogP contribution in [0.1, 0.15) is 39.8 Å². The minimum atomic E-state index is -0.848. The molecule has 26 heavy (non-hydrogen) atoms. The first kappa shape index (κ1) is 19.6. The molecular formula is C19H25NO4S2. The maximum Gasteiger partial charge on any atom is 0.308 e. The third-order valence-electron chi connectivity index (χ3n) is 4.91. The highest BCUT2D eigenvalue weighted by atomic mass is 32.2. The predicted octanol–water partition coefficient (Wildman–Crippen LogP) is 3.41. The molecule has 0 aromatic heterocycles. The van der Waals surface area contributed by atoms with E-state index in [1.807, 2.05) is 47.8 Å². The van der Waals surface area contributed by atoms with E-state index in [4.69, 9.17) is 4.74 Å². The van der Waals surface area contributed by atoms with Crippen molar-refractivity contribution in [3.8, 4) is 0 Å². The maximum atomic E-state index is 12.4. The van der Waals surface area contributed by atoms with Gasteiger partial charge in [0.05, 0.1) is 10.5 Å². The number of nitrogens with one attached hydrogen (secondary N) is 1. The Kier molecular flexibility index (Phi) is 7.28. The molecular weight excluding hydrogens is 370 g/mol. The Hall–Kier alpha value is -1.18. The number of carboxylic acid groups (broad SMARTS) is 1. The van der Waals surface area contributed by atoms with Crippen LogP contribution >= 0.6 is 23.5 Å². The van der Waals surface area contributed by atoms with Gasteiger partial charge in [-0.1, -0.05) is 12.1 Å². The number of aliphatic carboxylic acids is 1. The molecule has 0 radical (unpaired) electrons. The Morgan fingerprint density at radius 3 is 2.42 bits per heavy atom. The number of benzene rings is 1. The van der Waals surface area contributed by atoms with Crippen LogP contribution in [0.4, 0.5) is 0 Å². The molecule has 1 aromatic rings. The number of hydrogen-bond donors (Lipinski definition) is 2. The number of thioether (sulfide) groups is 2. The van der Waals surface area contributed by atoms with E-state index in [1.165, 1.54) is 23.5 Å². The molecule has 5 nitrogen and oxygen atoms in total. The number of carbonyl (C=O) groups is 2. The largest absolute Gasteiger partial charge is 0.481 e. The summed E-state index contributed by atoms with van der Waals surface area (Å²) >= 11 is 3.90. The molecule has 2 saturated heterocycles. The lowest BCUT2D eigenvalue weighted by Gasteiger charge is -2.27. The summed E-state index contributed by atoms with van der Waals surface area (Å²) < 4.78 is 5.75. The summed E-state index contributed by atoms with van der Waals surface area (Å²) in [5.74, 6) is 0.810. The summed E-state index contributed by atoms with van der Waals surface area (Å²) in [5.41, 5.74) is 1.82. The van der Waals surface area contributed by atoms with E-state index in [1.54, 1.807) is 0 Å². The lowest BCUT2D eigenvalue weighted by Crippen LogP contribution is -2.39. The Morgan fingerprint density at radius 2 is 1.81 bits per heavy atom. The van der Waals surface area contributed by atoms with E-state index in [9.17, 15) is 14.7 Å². The normalized spacial score (nSPS) is 20.5. The van der Waals surface area contributed by atoms with Crippen molar-refractivity contribution in [2.75, 3.05) is 31.3 Å². The molecule has 0 bridgehead atoms. The molecule has 1 amide bonds. The van der Waals surface area contributed by atoms with Crippen molar-refractivity contribution in [1.82, 2.24) is 5.32 Å². The maximum absolute atomic E-state index is 12.4. The molecule has 1 aromatic carbocycles. The van der Waals surface area contributed by atoms with Gasteiger partial charge in [0.15, 0.2) is 0 Å². The number of amides is 1. The summed E-state index contributed by atoms with van der Waals surface area (Å²) in [7, 11) is 0. The molecule has 0 aliphatic carbocycles. The predicted molar refractivity (Wildman–Crippen MR) is 106 cm³/mol. The second kappa shape index (κ2) is 9.67. The van der Waals surface area contributed by atoms with E-state index in [0.717, 1.165) is 12.8 Å². The first-order chi connectivity index (χ1) is 12.6. The molecule has 1 unspecified atom stereocenters. The van der Waals surface area contributed by atoms with Gasteiger partial charge in [0.2, 0.25) is 0 Å². The van der Waals surface area contributed by atoms with Crippen LogP contribution in [0.5, 0.6) is 0 Å². The van der Waals surface area contributed by atoms with Gasteiger partial charge in [-0.15, -0.1) is 23.5 Å². The lowest BCUT2D eigenvalue weighted by atomic mass is 9.86. The van der Waals surface area contributed by atoms with Gasteiger partial charge in [0, 0.05) is 25.3 Å². The Bertz CT molecular complexity index is 610. The fourth-order valence-corrected chi connectivity index (χ4v) is 6.24. The van der Waals surface area contributed by atoms with Crippen molar-refractivity contribution in [3.05, 3.63) is 35.4 Å². The van der Waals surface area contributed by atoms with Crippen LogP contribution in [0, 0.1) is 11.8 Å². The topological polar surface area (TPSA) is 75.6 Å². The van der Waals surface area contributed by atoms with E-state index in [2.05, 4.69) is 5.32 Å². The van der Waals surface area contributed by atoms with E-state index >= 15 is 0 Å². The summed E-state index contributed by atoms with van der Waals surface area (Å²) in [4.78, 5) is 24.0. The first-order valence-corrected chi connectivity index (χ1v) is 11.2. The van der Waals surface area contributed by atoms with Crippen molar-refractivity contribution < 1.29 is 19.4 Å². The molecule has 142 valence electrons. The third kappa shape index (κ3) is 5.18. The van der Waals surface area contributed by atoms with Crippen molar-refractivity contribution >= 4 is 35.4 Å². The van der Waals surface area contributed by atoms with Gasteiger partial charge in [-0.25, -0.2) is 0 Å². The van der Waals surface area contributed by atoms with Crippen molar-refractivity contribution in [2.24, 2.45) is 11.8 Å². The third-order valence-corrected chi connectivity index (χ3v) is 7.92. The van der Waals surface area contributed by atoms with Gasteiger partial charge in [-0.2, -0.15) is 0 Å². The van der Waals surface area contributed by atoms with Crippen molar-refractivity contribution in [2.45, 2.75) is 23.8 Å². The summed E-state index contributed by atoms with van der Waals surface area (Å²) in [6.07, 6.45) is 2.72. The number of rotatable bonds is 6. The number of carbonyl (C=O) groups excluding carboxylic acids is 1.